The second kappa shape index (κ2) is 7.63. The van der Waals surface area contributed by atoms with Gasteiger partial charge in [-0.2, -0.15) is 0 Å². The van der Waals surface area contributed by atoms with Gasteiger partial charge in [-0.1, -0.05) is 38.5 Å². The molecular weight excluding hydrogens is 334 g/mol. The summed E-state index contributed by atoms with van der Waals surface area (Å²) in [6.45, 7) is 5.51. The predicted molar refractivity (Wildman–Crippen MR) is 97.6 cm³/mol. The number of carbonyl (C=O) groups excluding carboxylic acids is 2. The Morgan fingerprint density at radius 3 is 2.81 bits per heavy atom. The summed E-state index contributed by atoms with van der Waals surface area (Å²) in [4.78, 5) is 27.4. The number of carbonyl (C=O) groups is 2. The van der Waals surface area contributed by atoms with Crippen LogP contribution >= 0.6 is 0 Å². The average Bonchev–Trinajstić information content (AvgIpc) is 2.76. The van der Waals surface area contributed by atoms with Crippen molar-refractivity contribution in [1.82, 2.24) is 10.2 Å². The summed E-state index contributed by atoms with van der Waals surface area (Å²) >= 11 is 0. The zero-order valence-corrected chi connectivity index (χ0v) is 15.3. The number of fused-ring (bicyclic) bond motifs is 1. The van der Waals surface area contributed by atoms with Crippen LogP contribution in [0.3, 0.4) is 0 Å². The highest BCUT2D eigenvalue weighted by Crippen LogP contribution is 2.28. The van der Waals surface area contributed by atoms with Crippen LogP contribution in [0.1, 0.15) is 25.8 Å². The third kappa shape index (κ3) is 3.54. The van der Waals surface area contributed by atoms with Crippen LogP contribution < -0.4 is 10.6 Å². The van der Waals surface area contributed by atoms with Crippen molar-refractivity contribution in [2.45, 2.75) is 32.9 Å². The van der Waals surface area contributed by atoms with Crippen molar-refractivity contribution in [3.63, 3.8) is 0 Å². The Balaban J connectivity index is 1.82. The Hall–Kier alpha value is -2.12. The van der Waals surface area contributed by atoms with Gasteiger partial charge in [0.1, 0.15) is 6.04 Å². The van der Waals surface area contributed by atoms with E-state index in [0.717, 1.165) is 17.7 Å². The molecule has 0 radical (unpaired) electrons. The molecule has 2 aliphatic rings. The molecule has 7 heteroatoms. The summed E-state index contributed by atoms with van der Waals surface area (Å²) in [6.07, 6.45) is 0.784. The van der Waals surface area contributed by atoms with Crippen LogP contribution in [0, 0.1) is 11.3 Å². The van der Waals surface area contributed by atoms with E-state index in [0.29, 0.717) is 26.3 Å². The molecule has 2 heterocycles. The molecule has 3 N–H and O–H groups in total. The van der Waals surface area contributed by atoms with E-state index in [1.807, 2.05) is 38.1 Å². The van der Waals surface area contributed by atoms with Gasteiger partial charge in [-0.3, -0.25) is 4.79 Å². The van der Waals surface area contributed by atoms with E-state index in [9.17, 15) is 14.7 Å². The van der Waals surface area contributed by atoms with Crippen LogP contribution in [-0.2, 0) is 16.1 Å². The number of nitrogens with one attached hydrogen (secondary N) is 2. The minimum Gasteiger partial charge on any atom is -0.396 e. The maximum atomic E-state index is 13.0. The lowest BCUT2D eigenvalue weighted by Gasteiger charge is -2.40. The molecule has 1 fully saturated rings. The second-order valence-corrected chi connectivity index (χ2v) is 7.41. The van der Waals surface area contributed by atoms with Crippen LogP contribution in [0.2, 0.25) is 0 Å². The molecule has 3 rings (SSSR count). The number of rotatable bonds is 5. The highest BCUT2D eigenvalue weighted by molar-refractivity contribution is 5.98. The Bertz CT molecular complexity index is 669. The number of urea groups is 1. The Morgan fingerprint density at radius 2 is 2.19 bits per heavy atom. The lowest BCUT2D eigenvalue weighted by atomic mass is 9.87. The van der Waals surface area contributed by atoms with Gasteiger partial charge < -0.3 is 25.4 Å². The van der Waals surface area contributed by atoms with Crippen molar-refractivity contribution in [3.05, 3.63) is 29.8 Å². The smallest absolute Gasteiger partial charge is 0.318 e. The highest BCUT2D eigenvalue weighted by atomic mass is 16.5. The van der Waals surface area contributed by atoms with Crippen molar-refractivity contribution in [3.8, 4) is 0 Å². The molecular formula is C19H27N3O4. The number of nitrogens with zero attached hydrogens (tertiary/aromatic N) is 1. The van der Waals surface area contributed by atoms with Crippen molar-refractivity contribution in [2.24, 2.45) is 11.3 Å². The number of para-hydroxylation sites is 1. The highest BCUT2D eigenvalue weighted by Gasteiger charge is 2.40. The summed E-state index contributed by atoms with van der Waals surface area (Å²) in [7, 11) is 0. The number of ether oxygens (including phenoxy) is 1. The molecule has 3 amide bonds. The zero-order chi connectivity index (χ0) is 18.7. The fraction of sp³-hybridized carbons (Fsp3) is 0.579. The lowest BCUT2D eigenvalue weighted by molar-refractivity contribution is -0.133. The van der Waals surface area contributed by atoms with Crippen LogP contribution in [-0.4, -0.2) is 54.4 Å². The molecule has 1 aromatic carbocycles. The van der Waals surface area contributed by atoms with Gasteiger partial charge in [-0.25, -0.2) is 4.79 Å². The molecule has 2 atom stereocenters. The van der Waals surface area contributed by atoms with Crippen LogP contribution in [0.4, 0.5) is 10.5 Å². The number of anilines is 1. The monoisotopic (exact) mass is 361 g/mol. The predicted octanol–water partition coefficient (Wildman–Crippen LogP) is 1.57. The first-order valence-corrected chi connectivity index (χ1v) is 9.11. The zero-order valence-electron chi connectivity index (χ0n) is 15.3. The van der Waals surface area contributed by atoms with E-state index in [2.05, 4.69) is 10.6 Å². The first-order valence-electron chi connectivity index (χ1n) is 9.11. The van der Waals surface area contributed by atoms with E-state index >= 15 is 0 Å². The van der Waals surface area contributed by atoms with Crippen molar-refractivity contribution in [2.75, 3.05) is 31.7 Å². The SMILES string of the molecule is CC[C@H](C)[C@H]1C(=O)Nc2ccccc2CN1C(=O)NCC1(CO)COC1. The number of aliphatic hydroxyl groups excluding tert-OH is 1. The fourth-order valence-corrected chi connectivity index (χ4v) is 3.40. The Kier molecular flexibility index (Phi) is 5.48. The summed E-state index contributed by atoms with van der Waals surface area (Å²) in [5.41, 5.74) is 1.25. The molecule has 0 aliphatic carbocycles. The maximum Gasteiger partial charge on any atom is 0.318 e. The summed E-state index contributed by atoms with van der Waals surface area (Å²) in [5.74, 6) is -0.141. The summed E-state index contributed by atoms with van der Waals surface area (Å²) in [6, 6.07) is 6.71. The fourth-order valence-electron chi connectivity index (χ4n) is 3.40. The maximum absolute atomic E-state index is 13.0. The minimum absolute atomic E-state index is 0.0221. The first kappa shape index (κ1) is 18.7. The standard InChI is InChI=1S/C19H27N3O4/c1-3-13(2)16-17(24)21-15-7-5-4-6-14(15)8-22(16)18(25)20-9-19(10-23)11-26-12-19/h4-7,13,16,23H,3,8-12H2,1-2H3,(H,20,25)(H,21,24)/t13-,16-/m0/s1. The normalized spacial score (nSPS) is 22.5. The summed E-state index contributed by atoms with van der Waals surface area (Å²) < 4.78 is 5.18. The van der Waals surface area contributed by atoms with E-state index in [-0.39, 0.29) is 24.5 Å². The number of benzene rings is 1. The topological polar surface area (TPSA) is 90.9 Å². The average molecular weight is 361 g/mol. The van der Waals surface area contributed by atoms with Gasteiger partial charge in [0.2, 0.25) is 5.91 Å². The molecule has 142 valence electrons. The number of aliphatic hydroxyl groups is 1. The van der Waals surface area contributed by atoms with E-state index in [4.69, 9.17) is 4.74 Å². The van der Waals surface area contributed by atoms with E-state index in [1.165, 1.54) is 0 Å². The first-order chi connectivity index (χ1) is 12.5. The molecule has 0 bridgehead atoms. The lowest BCUT2D eigenvalue weighted by Crippen LogP contribution is -2.57. The molecule has 2 aliphatic heterocycles. The van der Waals surface area contributed by atoms with Gasteiger partial charge in [0, 0.05) is 12.2 Å². The van der Waals surface area contributed by atoms with Crippen molar-refractivity contribution >= 4 is 17.6 Å². The third-order valence-electron chi connectivity index (χ3n) is 5.43. The molecule has 0 spiro atoms. The molecule has 26 heavy (non-hydrogen) atoms. The van der Waals surface area contributed by atoms with E-state index < -0.39 is 11.5 Å². The summed E-state index contributed by atoms with van der Waals surface area (Å²) in [5, 5.41) is 15.4. The quantitative estimate of drug-likeness (QED) is 0.743. The van der Waals surface area contributed by atoms with Gasteiger partial charge in [0.15, 0.2) is 0 Å². The molecule has 1 saturated heterocycles. The number of hydrogen-bond donors (Lipinski definition) is 3. The molecule has 0 aromatic heterocycles. The third-order valence-corrected chi connectivity index (χ3v) is 5.43. The van der Waals surface area contributed by atoms with Crippen LogP contribution in [0.5, 0.6) is 0 Å². The number of amides is 3. The van der Waals surface area contributed by atoms with Gasteiger partial charge in [0.25, 0.3) is 0 Å². The molecule has 0 unspecified atom stereocenters. The molecule has 7 nitrogen and oxygen atoms in total. The molecule has 0 saturated carbocycles. The largest absolute Gasteiger partial charge is 0.396 e. The van der Waals surface area contributed by atoms with Crippen LogP contribution in [0.15, 0.2) is 24.3 Å². The van der Waals surface area contributed by atoms with Gasteiger partial charge in [-0.15, -0.1) is 0 Å². The van der Waals surface area contributed by atoms with Gasteiger partial charge >= 0.3 is 6.03 Å². The van der Waals surface area contributed by atoms with Crippen molar-refractivity contribution < 1.29 is 19.4 Å². The Labute approximate surface area is 153 Å². The van der Waals surface area contributed by atoms with Gasteiger partial charge in [0.05, 0.1) is 31.8 Å². The second-order valence-electron chi connectivity index (χ2n) is 7.41. The van der Waals surface area contributed by atoms with Crippen LogP contribution in [0.25, 0.3) is 0 Å². The Morgan fingerprint density at radius 1 is 1.46 bits per heavy atom. The van der Waals surface area contributed by atoms with Gasteiger partial charge in [-0.05, 0) is 17.5 Å². The molecule has 1 aromatic rings. The van der Waals surface area contributed by atoms with E-state index in [1.54, 1.807) is 4.90 Å². The van der Waals surface area contributed by atoms with Crippen molar-refractivity contribution in [1.29, 1.82) is 0 Å². The minimum atomic E-state index is -0.546. The number of hydrogen-bond acceptors (Lipinski definition) is 4.